The molecule has 0 spiro atoms. The summed E-state index contributed by atoms with van der Waals surface area (Å²) < 4.78 is 0.930. The Balaban J connectivity index is 2.66. The van der Waals surface area contributed by atoms with Crippen LogP contribution < -0.4 is 0 Å². The Morgan fingerprint density at radius 3 is 2.63 bits per heavy atom. The third-order valence-electron chi connectivity index (χ3n) is 2.89. The van der Waals surface area contributed by atoms with Crippen molar-refractivity contribution in [2.45, 2.75) is 20.3 Å². The second-order valence-electron chi connectivity index (χ2n) is 4.48. The number of halogens is 1. The van der Waals surface area contributed by atoms with Crippen molar-refractivity contribution in [1.82, 2.24) is 4.90 Å². The first-order valence-electron chi connectivity index (χ1n) is 6.19. The zero-order valence-electron chi connectivity index (χ0n) is 11.1. The fourth-order valence-corrected chi connectivity index (χ4v) is 2.20. The van der Waals surface area contributed by atoms with E-state index < -0.39 is 11.9 Å². The van der Waals surface area contributed by atoms with Crippen LogP contribution in [0.5, 0.6) is 0 Å². The molecule has 0 saturated heterocycles. The number of hydrogen-bond donors (Lipinski definition) is 1. The van der Waals surface area contributed by atoms with Crippen LogP contribution in [0.1, 0.15) is 19.4 Å². The Bertz CT molecular complexity index is 462. The highest BCUT2D eigenvalue weighted by molar-refractivity contribution is 9.10. The van der Waals surface area contributed by atoms with Crippen LogP contribution in [0.15, 0.2) is 28.7 Å². The summed E-state index contributed by atoms with van der Waals surface area (Å²) in [6, 6.07) is 7.56. The van der Waals surface area contributed by atoms with Gasteiger partial charge >= 0.3 is 5.97 Å². The number of carbonyl (C=O) groups is 2. The molecule has 19 heavy (non-hydrogen) atoms. The van der Waals surface area contributed by atoms with Crippen LogP contribution >= 0.6 is 15.9 Å². The van der Waals surface area contributed by atoms with Crippen molar-refractivity contribution in [2.75, 3.05) is 13.1 Å². The predicted molar refractivity (Wildman–Crippen MR) is 76.9 cm³/mol. The minimum absolute atomic E-state index is 0.0475. The number of nitrogens with zero attached hydrogens (tertiary/aromatic N) is 1. The highest BCUT2D eigenvalue weighted by Crippen LogP contribution is 2.13. The highest BCUT2D eigenvalue weighted by atomic mass is 79.9. The van der Waals surface area contributed by atoms with Crippen LogP contribution in [-0.2, 0) is 16.0 Å². The van der Waals surface area contributed by atoms with E-state index >= 15 is 0 Å². The molecule has 0 aromatic heterocycles. The summed E-state index contributed by atoms with van der Waals surface area (Å²) >= 11 is 3.36. The van der Waals surface area contributed by atoms with Gasteiger partial charge in [-0.15, -0.1) is 0 Å². The lowest BCUT2D eigenvalue weighted by atomic mass is 10.1. The molecule has 1 aromatic carbocycles. The van der Waals surface area contributed by atoms with E-state index in [1.807, 2.05) is 31.2 Å². The summed E-state index contributed by atoms with van der Waals surface area (Å²) in [4.78, 5) is 24.5. The molecular formula is C14H18BrNO3. The van der Waals surface area contributed by atoms with Crippen LogP contribution in [0.3, 0.4) is 0 Å². The standard InChI is InChI=1S/C14H18BrNO3/c1-3-16(9-10(2)14(18)19)13(17)8-11-5-4-6-12(15)7-11/h4-7,10H,3,8-9H2,1-2H3,(H,18,19). The number of likely N-dealkylation sites (N-methyl/N-ethyl adjacent to an activating group) is 1. The van der Waals surface area contributed by atoms with Crippen LogP contribution in [0.25, 0.3) is 0 Å². The maximum atomic E-state index is 12.1. The third-order valence-corrected chi connectivity index (χ3v) is 3.39. The monoisotopic (exact) mass is 327 g/mol. The molecule has 0 fully saturated rings. The van der Waals surface area contributed by atoms with Gasteiger partial charge in [0.25, 0.3) is 0 Å². The number of aliphatic carboxylic acids is 1. The molecule has 1 aromatic rings. The number of amides is 1. The van der Waals surface area contributed by atoms with Gasteiger partial charge in [-0.3, -0.25) is 9.59 Å². The summed E-state index contributed by atoms with van der Waals surface area (Å²) in [6.07, 6.45) is 0.291. The quantitative estimate of drug-likeness (QED) is 0.873. The zero-order chi connectivity index (χ0) is 14.4. The molecule has 4 nitrogen and oxygen atoms in total. The summed E-state index contributed by atoms with van der Waals surface area (Å²) in [5.41, 5.74) is 0.917. The van der Waals surface area contributed by atoms with E-state index in [4.69, 9.17) is 5.11 Å². The fourth-order valence-electron chi connectivity index (χ4n) is 1.75. The Morgan fingerprint density at radius 2 is 2.11 bits per heavy atom. The van der Waals surface area contributed by atoms with Gasteiger partial charge < -0.3 is 10.0 Å². The lowest BCUT2D eigenvalue weighted by Gasteiger charge is -2.23. The molecule has 1 unspecified atom stereocenters. The average Bonchev–Trinajstić information content (AvgIpc) is 2.35. The van der Waals surface area contributed by atoms with E-state index in [1.54, 1.807) is 11.8 Å². The summed E-state index contributed by atoms with van der Waals surface area (Å²) in [5, 5.41) is 8.89. The first-order chi connectivity index (χ1) is 8.93. The molecule has 0 aliphatic rings. The minimum atomic E-state index is -0.881. The van der Waals surface area contributed by atoms with E-state index in [9.17, 15) is 9.59 Å². The largest absolute Gasteiger partial charge is 0.481 e. The average molecular weight is 328 g/mol. The molecule has 0 bridgehead atoms. The SMILES string of the molecule is CCN(CC(C)C(=O)O)C(=O)Cc1cccc(Br)c1. The molecule has 0 aliphatic carbocycles. The van der Waals surface area contributed by atoms with E-state index in [0.717, 1.165) is 10.0 Å². The lowest BCUT2D eigenvalue weighted by Crippen LogP contribution is -2.37. The van der Waals surface area contributed by atoms with E-state index in [0.29, 0.717) is 13.0 Å². The van der Waals surface area contributed by atoms with Gasteiger partial charge in [-0.2, -0.15) is 0 Å². The van der Waals surface area contributed by atoms with E-state index in [1.165, 1.54) is 0 Å². The Hall–Kier alpha value is -1.36. The van der Waals surface area contributed by atoms with Crippen molar-refractivity contribution in [3.05, 3.63) is 34.3 Å². The molecule has 1 N–H and O–H groups in total. The zero-order valence-corrected chi connectivity index (χ0v) is 12.7. The van der Waals surface area contributed by atoms with Gasteiger partial charge in [0, 0.05) is 17.6 Å². The molecule has 0 heterocycles. The third kappa shape index (κ3) is 5.03. The number of carbonyl (C=O) groups excluding carboxylic acids is 1. The first-order valence-corrected chi connectivity index (χ1v) is 6.98. The fraction of sp³-hybridized carbons (Fsp3) is 0.429. The second kappa shape index (κ2) is 7.28. The van der Waals surface area contributed by atoms with Crippen LogP contribution in [0.4, 0.5) is 0 Å². The molecule has 0 radical (unpaired) electrons. The van der Waals surface area contributed by atoms with Gasteiger partial charge in [0.2, 0.25) is 5.91 Å². The highest BCUT2D eigenvalue weighted by Gasteiger charge is 2.19. The molecule has 1 amide bonds. The van der Waals surface area contributed by atoms with Crippen molar-refractivity contribution < 1.29 is 14.7 Å². The number of carboxylic acid groups (broad SMARTS) is 1. The number of hydrogen-bond acceptors (Lipinski definition) is 2. The number of rotatable bonds is 6. The molecular weight excluding hydrogens is 310 g/mol. The molecule has 0 aliphatic heterocycles. The summed E-state index contributed by atoms with van der Waals surface area (Å²) in [6.45, 7) is 4.23. The van der Waals surface area contributed by atoms with Gasteiger partial charge in [-0.05, 0) is 24.6 Å². The smallest absolute Gasteiger partial charge is 0.308 e. The molecule has 0 saturated carbocycles. The molecule has 1 rings (SSSR count). The second-order valence-corrected chi connectivity index (χ2v) is 5.39. The molecule has 5 heteroatoms. The van der Waals surface area contributed by atoms with Gasteiger partial charge in [0.05, 0.1) is 12.3 Å². The summed E-state index contributed by atoms with van der Waals surface area (Å²) in [7, 11) is 0. The van der Waals surface area contributed by atoms with Gasteiger partial charge in [0.15, 0.2) is 0 Å². The number of carboxylic acids is 1. The van der Waals surface area contributed by atoms with Crippen molar-refractivity contribution in [2.24, 2.45) is 5.92 Å². The van der Waals surface area contributed by atoms with Crippen LogP contribution in [-0.4, -0.2) is 35.0 Å². The Morgan fingerprint density at radius 1 is 1.42 bits per heavy atom. The van der Waals surface area contributed by atoms with Crippen LogP contribution in [0.2, 0.25) is 0 Å². The van der Waals surface area contributed by atoms with Gasteiger partial charge in [-0.25, -0.2) is 0 Å². The Labute approximate surface area is 121 Å². The topological polar surface area (TPSA) is 57.6 Å². The van der Waals surface area contributed by atoms with Gasteiger partial charge in [0.1, 0.15) is 0 Å². The predicted octanol–water partition coefficient (Wildman–Crippen LogP) is 2.56. The molecule has 1 atom stereocenters. The van der Waals surface area contributed by atoms with Crippen molar-refractivity contribution >= 4 is 27.8 Å². The van der Waals surface area contributed by atoms with Crippen molar-refractivity contribution in [3.8, 4) is 0 Å². The normalized spacial score (nSPS) is 11.9. The summed E-state index contributed by atoms with van der Waals surface area (Å²) in [5.74, 6) is -1.48. The van der Waals surface area contributed by atoms with Gasteiger partial charge in [-0.1, -0.05) is 35.0 Å². The maximum Gasteiger partial charge on any atom is 0.308 e. The van der Waals surface area contributed by atoms with E-state index in [-0.39, 0.29) is 12.5 Å². The van der Waals surface area contributed by atoms with E-state index in [2.05, 4.69) is 15.9 Å². The van der Waals surface area contributed by atoms with Crippen LogP contribution in [0, 0.1) is 5.92 Å². The lowest BCUT2D eigenvalue weighted by molar-refractivity contribution is -0.142. The maximum absolute atomic E-state index is 12.1. The number of benzene rings is 1. The van der Waals surface area contributed by atoms with Crippen molar-refractivity contribution in [3.63, 3.8) is 0 Å². The minimum Gasteiger partial charge on any atom is -0.481 e. The first kappa shape index (κ1) is 15.7. The Kier molecular flexibility index (Phi) is 6.02. The molecule has 104 valence electrons. The van der Waals surface area contributed by atoms with Crippen molar-refractivity contribution in [1.29, 1.82) is 0 Å².